The summed E-state index contributed by atoms with van der Waals surface area (Å²) in [5, 5.41) is 4.96. The number of aromatic nitrogens is 1. The molecule has 10 heteroatoms. The second-order valence-electron chi connectivity index (χ2n) is 8.00. The van der Waals surface area contributed by atoms with E-state index in [9.17, 15) is 22.8 Å². The molecule has 0 atom stereocenters. The predicted octanol–water partition coefficient (Wildman–Crippen LogP) is 4.19. The number of urea groups is 1. The molecule has 32 heavy (non-hydrogen) atoms. The average Bonchev–Trinajstić information content (AvgIpc) is 3.61. The Morgan fingerprint density at radius 3 is 2.44 bits per heavy atom. The minimum absolute atomic E-state index is 0.0387. The van der Waals surface area contributed by atoms with Crippen LogP contribution in [0.2, 0.25) is 0 Å². The van der Waals surface area contributed by atoms with E-state index in [-0.39, 0.29) is 17.5 Å². The summed E-state index contributed by atoms with van der Waals surface area (Å²) in [5.41, 5.74) is -0.383. The fraction of sp³-hybridized carbons (Fsp3) is 0.409. The molecule has 1 saturated heterocycles. The maximum atomic E-state index is 12.8. The lowest BCUT2D eigenvalue weighted by Crippen LogP contribution is -2.36. The van der Waals surface area contributed by atoms with E-state index in [0.29, 0.717) is 18.8 Å². The predicted molar refractivity (Wildman–Crippen MR) is 114 cm³/mol. The minimum Gasteiger partial charge on any atom is -0.355 e. The van der Waals surface area contributed by atoms with Gasteiger partial charge >= 0.3 is 12.2 Å². The molecule has 1 aliphatic heterocycles. The van der Waals surface area contributed by atoms with Crippen molar-refractivity contribution in [1.82, 2.24) is 9.88 Å². The van der Waals surface area contributed by atoms with E-state index in [1.807, 2.05) is 4.90 Å². The fourth-order valence-electron chi connectivity index (χ4n) is 3.67. The van der Waals surface area contributed by atoms with Gasteiger partial charge in [0.15, 0.2) is 0 Å². The number of benzene rings is 1. The van der Waals surface area contributed by atoms with Crippen LogP contribution in [-0.4, -0.2) is 48.0 Å². The van der Waals surface area contributed by atoms with Crippen LogP contribution in [-0.2, 0) is 11.0 Å². The maximum Gasteiger partial charge on any atom is 0.416 e. The molecule has 4 rings (SSSR count). The van der Waals surface area contributed by atoms with E-state index in [1.54, 1.807) is 12.1 Å². The van der Waals surface area contributed by atoms with E-state index in [0.717, 1.165) is 50.3 Å². The standard InChI is InChI=1S/C22H24F3N5O2/c23-22(24,25)16-3-1-4-17(13-16)27-21(32)28-18-7-8-19(26-14-18)29-9-2-10-30(12-11-29)20(31)15-5-6-15/h1,3-4,7-8,13-15H,2,5-6,9-12H2,(H2,27,28,32). The van der Waals surface area contributed by atoms with Gasteiger partial charge < -0.3 is 20.4 Å². The van der Waals surface area contributed by atoms with Gasteiger partial charge in [-0.2, -0.15) is 13.2 Å². The van der Waals surface area contributed by atoms with Crippen molar-refractivity contribution < 1.29 is 22.8 Å². The molecule has 0 bridgehead atoms. The number of nitrogens with one attached hydrogen (secondary N) is 2. The molecule has 2 aromatic rings. The number of amides is 3. The Morgan fingerprint density at radius 2 is 1.75 bits per heavy atom. The first-order valence-electron chi connectivity index (χ1n) is 10.5. The largest absolute Gasteiger partial charge is 0.416 e. The molecule has 1 aliphatic carbocycles. The zero-order valence-corrected chi connectivity index (χ0v) is 17.4. The summed E-state index contributed by atoms with van der Waals surface area (Å²) < 4.78 is 38.4. The molecular weight excluding hydrogens is 423 g/mol. The van der Waals surface area contributed by atoms with Crippen molar-refractivity contribution in [3.63, 3.8) is 0 Å². The van der Waals surface area contributed by atoms with Gasteiger partial charge in [0, 0.05) is 37.8 Å². The number of anilines is 3. The smallest absolute Gasteiger partial charge is 0.355 e. The second kappa shape index (κ2) is 9.05. The summed E-state index contributed by atoms with van der Waals surface area (Å²) in [6, 6.07) is 7.22. The van der Waals surface area contributed by atoms with Crippen LogP contribution in [0.25, 0.3) is 0 Å². The lowest BCUT2D eigenvalue weighted by Gasteiger charge is -2.23. The highest BCUT2D eigenvalue weighted by atomic mass is 19.4. The Bertz CT molecular complexity index is 976. The van der Waals surface area contributed by atoms with Crippen molar-refractivity contribution >= 4 is 29.1 Å². The first-order valence-corrected chi connectivity index (χ1v) is 10.5. The first-order chi connectivity index (χ1) is 15.3. The first kappa shape index (κ1) is 21.9. The zero-order valence-electron chi connectivity index (χ0n) is 17.4. The van der Waals surface area contributed by atoms with Gasteiger partial charge in [-0.15, -0.1) is 0 Å². The van der Waals surface area contributed by atoms with Gasteiger partial charge in [0.1, 0.15) is 5.82 Å². The number of hydrogen-bond donors (Lipinski definition) is 2. The van der Waals surface area contributed by atoms with E-state index in [2.05, 4.69) is 20.5 Å². The van der Waals surface area contributed by atoms with Crippen LogP contribution in [0.3, 0.4) is 0 Å². The van der Waals surface area contributed by atoms with Gasteiger partial charge in [0.2, 0.25) is 5.91 Å². The van der Waals surface area contributed by atoms with Crippen molar-refractivity contribution in [3.8, 4) is 0 Å². The van der Waals surface area contributed by atoms with Gasteiger partial charge in [0.25, 0.3) is 0 Å². The quantitative estimate of drug-likeness (QED) is 0.737. The van der Waals surface area contributed by atoms with Crippen LogP contribution < -0.4 is 15.5 Å². The second-order valence-corrected chi connectivity index (χ2v) is 8.00. The number of carbonyl (C=O) groups excluding carboxylic acids is 2. The molecule has 1 aromatic carbocycles. The van der Waals surface area contributed by atoms with Crippen molar-refractivity contribution in [1.29, 1.82) is 0 Å². The average molecular weight is 447 g/mol. The Balaban J connectivity index is 1.31. The van der Waals surface area contributed by atoms with Crippen LogP contribution in [0.4, 0.5) is 35.2 Å². The molecule has 1 aromatic heterocycles. The molecule has 7 nitrogen and oxygen atoms in total. The SMILES string of the molecule is O=C(Nc1ccc(N2CCCN(C(=O)C3CC3)CC2)nc1)Nc1cccc(C(F)(F)F)c1. The summed E-state index contributed by atoms with van der Waals surface area (Å²) in [5.74, 6) is 1.22. The summed E-state index contributed by atoms with van der Waals surface area (Å²) in [6.07, 6.45) is -0.130. The third-order valence-corrected chi connectivity index (χ3v) is 5.51. The van der Waals surface area contributed by atoms with E-state index in [1.165, 1.54) is 18.3 Å². The normalized spacial score (nSPS) is 17.0. The molecule has 0 unspecified atom stereocenters. The van der Waals surface area contributed by atoms with Crippen LogP contribution in [0, 0.1) is 5.92 Å². The third kappa shape index (κ3) is 5.49. The van der Waals surface area contributed by atoms with Crippen LogP contribution in [0.1, 0.15) is 24.8 Å². The van der Waals surface area contributed by atoms with E-state index in [4.69, 9.17) is 0 Å². The Labute approximate surface area is 183 Å². The number of alkyl halides is 3. The van der Waals surface area contributed by atoms with Gasteiger partial charge in [-0.25, -0.2) is 9.78 Å². The fourth-order valence-corrected chi connectivity index (χ4v) is 3.67. The molecule has 3 amide bonds. The molecular formula is C22H24F3N5O2. The van der Waals surface area contributed by atoms with Crippen LogP contribution in [0.5, 0.6) is 0 Å². The molecule has 0 radical (unpaired) electrons. The highest BCUT2D eigenvalue weighted by molar-refractivity contribution is 5.99. The number of carbonyl (C=O) groups is 2. The molecule has 2 fully saturated rings. The third-order valence-electron chi connectivity index (χ3n) is 5.51. The highest BCUT2D eigenvalue weighted by Gasteiger charge is 2.34. The molecule has 170 valence electrons. The lowest BCUT2D eigenvalue weighted by atomic mass is 10.2. The Morgan fingerprint density at radius 1 is 0.969 bits per heavy atom. The number of hydrogen-bond acceptors (Lipinski definition) is 4. The molecule has 2 heterocycles. The molecule has 1 saturated carbocycles. The molecule has 0 spiro atoms. The maximum absolute atomic E-state index is 12.8. The molecule has 2 aliphatic rings. The van der Waals surface area contributed by atoms with Crippen molar-refractivity contribution in [2.75, 3.05) is 41.7 Å². The van der Waals surface area contributed by atoms with Crippen molar-refractivity contribution in [2.45, 2.75) is 25.4 Å². The number of nitrogens with zero attached hydrogens (tertiary/aromatic N) is 3. The minimum atomic E-state index is -4.48. The van der Waals surface area contributed by atoms with Gasteiger partial charge in [-0.3, -0.25) is 4.79 Å². The van der Waals surface area contributed by atoms with Crippen LogP contribution in [0.15, 0.2) is 42.6 Å². The lowest BCUT2D eigenvalue weighted by molar-refractivity contribution is -0.137. The van der Waals surface area contributed by atoms with Crippen LogP contribution >= 0.6 is 0 Å². The Kier molecular flexibility index (Phi) is 6.20. The van der Waals surface area contributed by atoms with Gasteiger partial charge in [0.05, 0.1) is 17.4 Å². The topological polar surface area (TPSA) is 77.6 Å². The summed E-state index contributed by atoms with van der Waals surface area (Å²) in [7, 11) is 0. The monoisotopic (exact) mass is 447 g/mol. The van der Waals surface area contributed by atoms with E-state index >= 15 is 0 Å². The number of rotatable bonds is 4. The summed E-state index contributed by atoms with van der Waals surface area (Å²) in [4.78, 5) is 32.9. The van der Waals surface area contributed by atoms with Gasteiger partial charge in [-0.1, -0.05) is 6.07 Å². The van der Waals surface area contributed by atoms with Crippen molar-refractivity contribution in [2.24, 2.45) is 5.92 Å². The highest BCUT2D eigenvalue weighted by Crippen LogP contribution is 2.32. The zero-order chi connectivity index (χ0) is 22.7. The van der Waals surface area contributed by atoms with Crippen molar-refractivity contribution in [3.05, 3.63) is 48.2 Å². The number of pyridine rings is 1. The number of halogens is 3. The summed E-state index contributed by atoms with van der Waals surface area (Å²) in [6.45, 7) is 2.89. The summed E-state index contributed by atoms with van der Waals surface area (Å²) >= 11 is 0. The Hall–Kier alpha value is -3.30. The molecule has 2 N–H and O–H groups in total. The van der Waals surface area contributed by atoms with Gasteiger partial charge in [-0.05, 0) is 49.6 Å². The van der Waals surface area contributed by atoms with E-state index < -0.39 is 17.8 Å².